The van der Waals surface area contributed by atoms with Gasteiger partial charge in [0.1, 0.15) is 0 Å². The fourth-order valence-electron chi connectivity index (χ4n) is 4.42. The Balaban J connectivity index is 0.00000363. The first-order chi connectivity index (χ1) is 15.3. The molecule has 1 atom stereocenters. The quantitative estimate of drug-likeness (QED) is 0.177. The van der Waals surface area contributed by atoms with Crippen LogP contribution >= 0.6 is 24.0 Å². The van der Waals surface area contributed by atoms with Gasteiger partial charge in [-0.2, -0.15) is 0 Å². The Kier molecular flexibility index (Phi) is 14.2. The summed E-state index contributed by atoms with van der Waals surface area (Å²) in [5.74, 6) is 1.75. The summed E-state index contributed by atoms with van der Waals surface area (Å²) in [6.45, 7) is 7.94. The van der Waals surface area contributed by atoms with Crippen LogP contribution in [0.5, 0.6) is 0 Å². The summed E-state index contributed by atoms with van der Waals surface area (Å²) >= 11 is 0. The highest BCUT2D eigenvalue weighted by molar-refractivity contribution is 14.0. The molecule has 182 valence electrons. The van der Waals surface area contributed by atoms with E-state index in [9.17, 15) is 0 Å². The summed E-state index contributed by atoms with van der Waals surface area (Å²) in [6.07, 6.45) is 8.64. The van der Waals surface area contributed by atoms with Gasteiger partial charge in [0.25, 0.3) is 0 Å². The van der Waals surface area contributed by atoms with Gasteiger partial charge in [-0.15, -0.1) is 24.0 Å². The molecule has 1 unspecified atom stereocenters. The molecule has 0 bridgehead atoms. The first-order valence-electron chi connectivity index (χ1n) is 12.2. The normalized spacial score (nSPS) is 20.2. The van der Waals surface area contributed by atoms with E-state index in [0.29, 0.717) is 6.10 Å². The van der Waals surface area contributed by atoms with Crippen LogP contribution in [0.15, 0.2) is 35.3 Å². The van der Waals surface area contributed by atoms with E-state index < -0.39 is 0 Å². The molecule has 2 aliphatic rings. The van der Waals surface area contributed by atoms with Gasteiger partial charge in [-0.25, -0.2) is 0 Å². The predicted octanol–water partition coefficient (Wildman–Crippen LogP) is 3.70. The molecule has 0 aliphatic carbocycles. The van der Waals surface area contributed by atoms with E-state index in [4.69, 9.17) is 9.47 Å². The van der Waals surface area contributed by atoms with E-state index in [1.807, 2.05) is 7.05 Å². The van der Waals surface area contributed by atoms with E-state index in [2.05, 4.69) is 50.9 Å². The van der Waals surface area contributed by atoms with Gasteiger partial charge in [0.15, 0.2) is 5.96 Å². The number of hydrogen-bond donors (Lipinski definition) is 2. The number of hydrogen-bond acceptors (Lipinski definition) is 4. The molecule has 2 heterocycles. The van der Waals surface area contributed by atoms with Gasteiger partial charge >= 0.3 is 0 Å². The fraction of sp³-hybridized carbons (Fsp3) is 0.720. The van der Waals surface area contributed by atoms with Crippen molar-refractivity contribution in [1.29, 1.82) is 0 Å². The van der Waals surface area contributed by atoms with Crippen molar-refractivity contribution in [3.63, 3.8) is 0 Å². The Bertz CT molecular complexity index is 618. The number of piperidine rings is 1. The molecule has 6 nitrogen and oxygen atoms in total. The second-order valence-electron chi connectivity index (χ2n) is 8.82. The minimum atomic E-state index is 0. The Morgan fingerprint density at radius 2 is 1.81 bits per heavy atom. The third-order valence-electron chi connectivity index (χ3n) is 6.35. The molecule has 3 rings (SSSR count). The summed E-state index contributed by atoms with van der Waals surface area (Å²) in [5.41, 5.74) is 1.49. The molecule has 0 spiro atoms. The zero-order chi connectivity index (χ0) is 21.6. The topological polar surface area (TPSA) is 58.1 Å². The maximum Gasteiger partial charge on any atom is 0.190 e. The number of unbranched alkanes of at least 4 members (excludes halogenated alkanes) is 1. The van der Waals surface area contributed by atoms with Crippen molar-refractivity contribution in [2.24, 2.45) is 10.9 Å². The predicted molar refractivity (Wildman–Crippen MR) is 143 cm³/mol. The second kappa shape index (κ2) is 16.7. The zero-order valence-electron chi connectivity index (χ0n) is 19.8. The number of guanidine groups is 1. The molecule has 2 fully saturated rings. The molecule has 32 heavy (non-hydrogen) atoms. The van der Waals surface area contributed by atoms with E-state index in [1.165, 1.54) is 57.3 Å². The smallest absolute Gasteiger partial charge is 0.190 e. The Hall–Kier alpha value is -0.900. The molecule has 0 saturated carbocycles. The molecule has 1 aromatic carbocycles. The number of likely N-dealkylation sites (tertiary alicyclic amines) is 1. The number of halogens is 1. The van der Waals surface area contributed by atoms with Gasteiger partial charge in [0.2, 0.25) is 0 Å². The van der Waals surface area contributed by atoms with E-state index in [0.717, 1.165) is 57.6 Å². The summed E-state index contributed by atoms with van der Waals surface area (Å²) < 4.78 is 11.1. The lowest BCUT2D eigenvalue weighted by atomic mass is 9.90. The standard InChI is InChI=1S/C25H42N4O2.HI/c1-26-25(28-14-7-18-31-24-12-19-30-21-24)27-13-5-6-15-29-16-10-23(11-17-29)20-22-8-3-2-4-9-22;/h2-4,8-9,23-24H,5-7,10-21H2,1H3,(H2,26,27,28);1H. The first kappa shape index (κ1) is 27.3. The lowest BCUT2D eigenvalue weighted by Crippen LogP contribution is -2.39. The minimum Gasteiger partial charge on any atom is -0.379 e. The Labute approximate surface area is 211 Å². The van der Waals surface area contributed by atoms with Crippen LogP contribution in [-0.4, -0.2) is 76.6 Å². The molecule has 2 aliphatic heterocycles. The van der Waals surface area contributed by atoms with Gasteiger partial charge in [-0.3, -0.25) is 4.99 Å². The van der Waals surface area contributed by atoms with E-state index >= 15 is 0 Å². The largest absolute Gasteiger partial charge is 0.379 e. The summed E-state index contributed by atoms with van der Waals surface area (Å²) in [7, 11) is 1.83. The molecule has 0 aromatic heterocycles. The number of aliphatic imine (C=N–C) groups is 1. The van der Waals surface area contributed by atoms with Crippen molar-refractivity contribution >= 4 is 29.9 Å². The molecular weight excluding hydrogens is 515 g/mol. The van der Waals surface area contributed by atoms with Crippen LogP contribution in [-0.2, 0) is 15.9 Å². The van der Waals surface area contributed by atoms with Gasteiger partial charge < -0.3 is 25.0 Å². The number of nitrogens with one attached hydrogen (secondary N) is 2. The lowest BCUT2D eigenvalue weighted by Gasteiger charge is -2.32. The van der Waals surface area contributed by atoms with Crippen molar-refractivity contribution in [2.45, 2.75) is 51.0 Å². The van der Waals surface area contributed by atoms with Crippen molar-refractivity contribution < 1.29 is 9.47 Å². The van der Waals surface area contributed by atoms with Gasteiger partial charge in [-0.05, 0) is 76.1 Å². The van der Waals surface area contributed by atoms with Crippen molar-refractivity contribution in [1.82, 2.24) is 15.5 Å². The van der Waals surface area contributed by atoms with Crippen molar-refractivity contribution in [3.05, 3.63) is 35.9 Å². The van der Waals surface area contributed by atoms with Crippen LogP contribution in [0.2, 0.25) is 0 Å². The fourth-order valence-corrected chi connectivity index (χ4v) is 4.42. The van der Waals surface area contributed by atoms with E-state index in [-0.39, 0.29) is 24.0 Å². The summed E-state index contributed by atoms with van der Waals surface area (Å²) in [4.78, 5) is 6.96. The van der Waals surface area contributed by atoms with Gasteiger partial charge in [0, 0.05) is 33.4 Å². The molecular formula is C25H43IN4O2. The third-order valence-corrected chi connectivity index (χ3v) is 6.35. The molecule has 2 saturated heterocycles. The summed E-state index contributed by atoms with van der Waals surface area (Å²) in [6, 6.07) is 11.0. The Morgan fingerprint density at radius 3 is 2.50 bits per heavy atom. The second-order valence-corrected chi connectivity index (χ2v) is 8.82. The molecule has 0 amide bonds. The number of nitrogens with zero attached hydrogens (tertiary/aromatic N) is 2. The SMILES string of the molecule is CN=C(NCCCCN1CCC(Cc2ccccc2)CC1)NCCCOC1CCOC1.I. The van der Waals surface area contributed by atoms with Crippen LogP contribution in [0.25, 0.3) is 0 Å². The highest BCUT2D eigenvalue weighted by atomic mass is 127. The van der Waals surface area contributed by atoms with Crippen molar-refractivity contribution in [2.75, 3.05) is 59.6 Å². The minimum absolute atomic E-state index is 0. The maximum atomic E-state index is 5.80. The molecule has 7 heteroatoms. The zero-order valence-corrected chi connectivity index (χ0v) is 22.1. The van der Waals surface area contributed by atoms with Crippen LogP contribution in [0.1, 0.15) is 44.1 Å². The maximum absolute atomic E-state index is 5.80. The first-order valence-corrected chi connectivity index (χ1v) is 12.2. The highest BCUT2D eigenvalue weighted by Crippen LogP contribution is 2.21. The van der Waals surface area contributed by atoms with Crippen LogP contribution in [0.3, 0.4) is 0 Å². The summed E-state index contributed by atoms with van der Waals surface area (Å²) in [5, 5.41) is 6.81. The molecule has 1 aromatic rings. The van der Waals surface area contributed by atoms with Gasteiger partial charge in [0.05, 0.1) is 12.7 Å². The Morgan fingerprint density at radius 1 is 1.06 bits per heavy atom. The molecule has 2 N–H and O–H groups in total. The van der Waals surface area contributed by atoms with Crippen LogP contribution in [0, 0.1) is 5.92 Å². The van der Waals surface area contributed by atoms with Crippen LogP contribution in [0.4, 0.5) is 0 Å². The number of ether oxygens (including phenoxy) is 2. The number of benzene rings is 1. The monoisotopic (exact) mass is 558 g/mol. The average molecular weight is 559 g/mol. The van der Waals surface area contributed by atoms with Gasteiger partial charge in [-0.1, -0.05) is 30.3 Å². The molecule has 0 radical (unpaired) electrons. The van der Waals surface area contributed by atoms with Crippen molar-refractivity contribution in [3.8, 4) is 0 Å². The highest BCUT2D eigenvalue weighted by Gasteiger charge is 2.19. The van der Waals surface area contributed by atoms with Crippen LogP contribution < -0.4 is 10.6 Å². The lowest BCUT2D eigenvalue weighted by molar-refractivity contribution is 0.0420. The third kappa shape index (κ3) is 10.8. The average Bonchev–Trinajstić information content (AvgIpc) is 3.32. The van der Waals surface area contributed by atoms with E-state index in [1.54, 1.807) is 0 Å². The number of rotatable bonds is 12.